The minimum absolute atomic E-state index is 0.0659. The first kappa shape index (κ1) is 30.0. The van der Waals surface area contributed by atoms with Gasteiger partial charge in [-0.1, -0.05) is 46.3 Å². The fourth-order valence-electron chi connectivity index (χ4n) is 6.68. The quantitative estimate of drug-likeness (QED) is 0.208. The lowest BCUT2D eigenvalue weighted by atomic mass is 9.84. The van der Waals surface area contributed by atoms with Crippen LogP contribution in [0, 0.1) is 5.92 Å². The Labute approximate surface area is 270 Å². The average molecular weight is 693 g/mol. The predicted octanol–water partition coefficient (Wildman–Crippen LogP) is 6.94. The van der Waals surface area contributed by atoms with Crippen molar-refractivity contribution in [3.05, 3.63) is 99.7 Å². The van der Waals surface area contributed by atoms with Crippen LogP contribution in [-0.4, -0.2) is 56.3 Å². The lowest BCUT2D eigenvalue weighted by molar-refractivity contribution is -0.138. The molecule has 2 unspecified atom stereocenters. The molecule has 0 spiro atoms. The molecule has 1 saturated heterocycles. The minimum Gasteiger partial charge on any atom is -0.371 e. The van der Waals surface area contributed by atoms with Gasteiger partial charge in [-0.3, -0.25) is 19.6 Å². The van der Waals surface area contributed by atoms with E-state index in [1.165, 1.54) is 12.1 Å². The first-order valence-corrected chi connectivity index (χ1v) is 15.6. The Bertz CT molecular complexity index is 1970. The molecule has 2 aliphatic rings. The number of aromatic nitrogens is 4. The second-order valence-corrected chi connectivity index (χ2v) is 12.6. The number of anilines is 3. The van der Waals surface area contributed by atoms with Gasteiger partial charge in [0.2, 0.25) is 5.91 Å². The number of likely N-dealkylation sites (tertiary alicyclic amines) is 1. The van der Waals surface area contributed by atoms with Gasteiger partial charge in [0.1, 0.15) is 5.82 Å². The topological polar surface area (TPSA) is 99.2 Å². The van der Waals surface area contributed by atoms with Crippen LogP contribution in [0.2, 0.25) is 0 Å². The zero-order valence-electron chi connectivity index (χ0n) is 24.8. The smallest absolute Gasteiger partial charge is 0.371 e. The predicted molar refractivity (Wildman–Crippen MR) is 171 cm³/mol. The molecule has 2 amide bonds. The summed E-state index contributed by atoms with van der Waals surface area (Å²) < 4.78 is 42.7. The normalized spacial score (nSPS) is 19.7. The van der Waals surface area contributed by atoms with E-state index in [-0.39, 0.29) is 22.5 Å². The highest BCUT2D eigenvalue weighted by atomic mass is 79.9. The van der Waals surface area contributed by atoms with E-state index in [2.05, 4.69) is 31.4 Å². The van der Waals surface area contributed by atoms with Gasteiger partial charge in [0.05, 0.1) is 34.9 Å². The Morgan fingerprint density at radius 1 is 1.11 bits per heavy atom. The second-order valence-electron chi connectivity index (χ2n) is 11.7. The van der Waals surface area contributed by atoms with Crippen LogP contribution in [0.4, 0.5) is 30.5 Å². The van der Waals surface area contributed by atoms with Crippen LogP contribution in [0.5, 0.6) is 0 Å². The molecule has 4 heterocycles. The summed E-state index contributed by atoms with van der Waals surface area (Å²) in [6.07, 6.45) is -2.03. The lowest BCUT2D eigenvalue weighted by Crippen LogP contribution is -2.56. The third kappa shape index (κ3) is 5.02. The van der Waals surface area contributed by atoms with E-state index in [1.807, 2.05) is 60.1 Å². The fraction of sp³-hybridized carbons (Fsp3) is 0.273. The van der Waals surface area contributed by atoms with Crippen molar-refractivity contribution in [3.63, 3.8) is 0 Å². The second kappa shape index (κ2) is 11.3. The van der Waals surface area contributed by atoms with Crippen molar-refractivity contribution in [1.82, 2.24) is 24.9 Å². The Kier molecular flexibility index (Phi) is 7.38. The van der Waals surface area contributed by atoms with Crippen molar-refractivity contribution in [3.8, 4) is 0 Å². The molecule has 13 heteroatoms. The Morgan fingerprint density at radius 3 is 2.63 bits per heavy atom. The molecule has 46 heavy (non-hydrogen) atoms. The minimum atomic E-state index is -4.63. The summed E-state index contributed by atoms with van der Waals surface area (Å²) >= 11 is 2.96. The Hall–Kier alpha value is -4.65. The number of fused-ring (bicyclic) bond motifs is 4. The summed E-state index contributed by atoms with van der Waals surface area (Å²) in [7, 11) is 1.79. The lowest BCUT2D eigenvalue weighted by Gasteiger charge is -2.47. The number of carbonyl (C=O) groups excluding carboxylic acids is 2. The first-order valence-electron chi connectivity index (χ1n) is 14.8. The van der Waals surface area contributed by atoms with Gasteiger partial charge in [0, 0.05) is 47.0 Å². The molecule has 2 aromatic heterocycles. The molecule has 1 fully saturated rings. The molecule has 0 saturated carbocycles. The van der Waals surface area contributed by atoms with E-state index in [0.29, 0.717) is 30.2 Å². The molecular formula is C33H29BrF3N7O2. The highest BCUT2D eigenvalue weighted by molar-refractivity contribution is 9.10. The number of nitrogens with zero attached hydrogens (tertiary/aromatic N) is 5. The number of benzene rings is 3. The average Bonchev–Trinajstić information content (AvgIpc) is 3.65. The number of carbonyl (C=O) groups is 2. The summed E-state index contributed by atoms with van der Waals surface area (Å²) in [5.41, 5.74) is 2.30. The molecule has 3 atom stereocenters. The van der Waals surface area contributed by atoms with Crippen LogP contribution in [0.15, 0.2) is 77.4 Å². The van der Waals surface area contributed by atoms with Gasteiger partial charge in [-0.15, -0.1) is 0 Å². The third-order valence-corrected chi connectivity index (χ3v) is 9.63. The van der Waals surface area contributed by atoms with Crippen molar-refractivity contribution in [2.45, 2.75) is 38.0 Å². The molecule has 3 aromatic carbocycles. The van der Waals surface area contributed by atoms with E-state index in [1.54, 1.807) is 23.0 Å². The Balaban J connectivity index is 1.30. The number of halogens is 4. The van der Waals surface area contributed by atoms with Crippen LogP contribution in [0.3, 0.4) is 0 Å². The van der Waals surface area contributed by atoms with E-state index in [0.717, 1.165) is 28.1 Å². The van der Waals surface area contributed by atoms with E-state index in [4.69, 9.17) is 5.10 Å². The van der Waals surface area contributed by atoms with Gasteiger partial charge in [-0.2, -0.15) is 23.4 Å². The fourth-order valence-corrected chi connectivity index (χ4v) is 7.15. The van der Waals surface area contributed by atoms with E-state index >= 15 is 0 Å². The molecule has 0 bridgehead atoms. The van der Waals surface area contributed by atoms with Crippen LogP contribution >= 0.6 is 15.9 Å². The van der Waals surface area contributed by atoms with Crippen molar-refractivity contribution < 1.29 is 22.8 Å². The molecular weight excluding hydrogens is 663 g/mol. The van der Waals surface area contributed by atoms with Gasteiger partial charge in [0.15, 0.2) is 5.82 Å². The molecule has 0 aliphatic carbocycles. The number of hydrogen-bond donors (Lipinski definition) is 2. The number of amides is 2. The third-order valence-electron chi connectivity index (χ3n) is 8.94. The number of alkyl halides is 3. The number of nitrogens with one attached hydrogen (secondary N) is 2. The number of hydrogen-bond acceptors (Lipinski definition) is 5. The van der Waals surface area contributed by atoms with Crippen molar-refractivity contribution >= 4 is 56.0 Å². The zero-order chi connectivity index (χ0) is 32.3. The van der Waals surface area contributed by atoms with Crippen molar-refractivity contribution in [2.24, 2.45) is 5.92 Å². The van der Waals surface area contributed by atoms with Gasteiger partial charge in [0.25, 0.3) is 5.91 Å². The van der Waals surface area contributed by atoms with Crippen LogP contribution in [0.25, 0.3) is 10.9 Å². The largest absolute Gasteiger partial charge is 0.417 e. The molecule has 2 aliphatic heterocycles. The highest BCUT2D eigenvalue weighted by Crippen LogP contribution is 2.46. The highest BCUT2D eigenvalue weighted by Gasteiger charge is 2.48. The zero-order valence-corrected chi connectivity index (χ0v) is 26.4. The summed E-state index contributed by atoms with van der Waals surface area (Å²) in [5.74, 6) is 0.134. The number of aromatic amines is 1. The molecule has 2 N–H and O–H groups in total. The standard InChI is InChI=1S/C33H29BrF3N7O2/c1-18-12-24-28(17-42(18)31(45)20-8-11-26(34)25(14-20)33(35,36)37)44-30(21(16-39-44)13-19-6-4-3-5-7-19)43(32(24)46)22-9-10-23-27(15-22)40-41-29(23)38-2/h3-11,14-16,18,24,28H,12-13,17H2,1-2H3,(H2,38,40,41)/t18-,24?,28?/m0/s1. The van der Waals surface area contributed by atoms with Crippen LogP contribution in [0.1, 0.15) is 46.4 Å². The molecule has 7 rings (SSSR count). The summed E-state index contributed by atoms with van der Waals surface area (Å²) in [6.45, 7) is 1.94. The Morgan fingerprint density at radius 2 is 1.89 bits per heavy atom. The molecule has 9 nitrogen and oxygen atoms in total. The maximum absolute atomic E-state index is 14.5. The summed E-state index contributed by atoms with van der Waals surface area (Å²) in [5, 5.41) is 16.1. The molecule has 0 radical (unpaired) electrons. The maximum atomic E-state index is 14.5. The van der Waals surface area contributed by atoms with Crippen LogP contribution < -0.4 is 10.2 Å². The number of rotatable bonds is 5. The summed E-state index contributed by atoms with van der Waals surface area (Å²) in [6, 6.07) is 18.1. The summed E-state index contributed by atoms with van der Waals surface area (Å²) in [4.78, 5) is 31.5. The van der Waals surface area contributed by atoms with Gasteiger partial charge in [-0.05, 0) is 55.3 Å². The van der Waals surface area contributed by atoms with E-state index < -0.39 is 35.6 Å². The SMILES string of the molecule is CNc1n[nH]c2cc(N3C(=O)C4C[C@H](C)N(C(=O)c5ccc(Br)c(C(F)(F)F)c5)CC4n4ncc(Cc5ccccc5)c43)ccc12. The van der Waals surface area contributed by atoms with E-state index in [9.17, 15) is 22.8 Å². The molecule has 236 valence electrons. The van der Waals surface area contributed by atoms with Crippen molar-refractivity contribution in [1.29, 1.82) is 0 Å². The van der Waals surface area contributed by atoms with Gasteiger partial charge >= 0.3 is 6.18 Å². The van der Waals surface area contributed by atoms with Crippen molar-refractivity contribution in [2.75, 3.05) is 23.8 Å². The van der Waals surface area contributed by atoms with Gasteiger partial charge < -0.3 is 10.2 Å². The first-order chi connectivity index (χ1) is 22.0. The monoisotopic (exact) mass is 691 g/mol. The van der Waals surface area contributed by atoms with Gasteiger partial charge in [-0.25, -0.2) is 4.68 Å². The van der Waals surface area contributed by atoms with Crippen LogP contribution in [-0.2, 0) is 17.4 Å². The maximum Gasteiger partial charge on any atom is 0.417 e. The number of H-pyrrole nitrogens is 1. The number of piperidine rings is 1. The molecule has 5 aromatic rings.